The highest BCUT2D eigenvalue weighted by molar-refractivity contribution is 5.07. The Balaban J connectivity index is 2.20. The van der Waals surface area contributed by atoms with Gasteiger partial charge in [0.15, 0.2) is 0 Å². The van der Waals surface area contributed by atoms with Crippen molar-refractivity contribution >= 4 is 0 Å². The Morgan fingerprint density at radius 2 is 2.29 bits per heavy atom. The smallest absolute Gasteiger partial charge is 0.0220 e. The van der Waals surface area contributed by atoms with Gasteiger partial charge >= 0.3 is 0 Å². The van der Waals surface area contributed by atoms with E-state index < -0.39 is 0 Å². The maximum absolute atomic E-state index is 5.69. The first-order valence-corrected chi connectivity index (χ1v) is 5.26. The summed E-state index contributed by atoms with van der Waals surface area (Å²) in [6.07, 6.45) is 3.96. The van der Waals surface area contributed by atoms with Gasteiger partial charge in [-0.15, -0.1) is 0 Å². The minimum Gasteiger partial charge on any atom is -0.367 e. The van der Waals surface area contributed by atoms with Crippen LogP contribution in [-0.4, -0.2) is 18.1 Å². The van der Waals surface area contributed by atoms with Gasteiger partial charge < -0.3 is 16.0 Å². The van der Waals surface area contributed by atoms with E-state index in [1.165, 1.54) is 5.56 Å². The van der Waals surface area contributed by atoms with Gasteiger partial charge in [-0.1, -0.05) is 13.8 Å². The van der Waals surface area contributed by atoms with Crippen molar-refractivity contribution in [1.29, 1.82) is 0 Å². The van der Waals surface area contributed by atoms with E-state index in [0.717, 1.165) is 19.6 Å². The number of hydrogen-bond acceptors (Lipinski definition) is 2. The second-order valence-corrected chi connectivity index (χ2v) is 4.09. The molecule has 3 nitrogen and oxygen atoms in total. The molecule has 0 aromatic carbocycles. The summed E-state index contributed by atoms with van der Waals surface area (Å²) in [6, 6.07) is 2.08. The average Bonchev–Trinajstić information content (AvgIpc) is 2.64. The molecule has 0 fully saturated rings. The minimum atomic E-state index is 0.578. The summed E-state index contributed by atoms with van der Waals surface area (Å²) in [5, 5.41) is 3.42. The SMILES string of the molecule is CC(C)C(CN)CNCc1cc[nH]c1. The fourth-order valence-electron chi connectivity index (χ4n) is 1.46. The van der Waals surface area contributed by atoms with Gasteiger partial charge in [0.25, 0.3) is 0 Å². The summed E-state index contributed by atoms with van der Waals surface area (Å²) in [6.45, 7) is 7.12. The molecule has 1 heterocycles. The predicted octanol–water partition coefficient (Wildman–Crippen LogP) is 1.34. The summed E-state index contributed by atoms with van der Waals surface area (Å²) < 4.78 is 0. The third kappa shape index (κ3) is 3.52. The molecule has 1 unspecified atom stereocenters. The van der Waals surface area contributed by atoms with Crippen molar-refractivity contribution in [2.75, 3.05) is 13.1 Å². The van der Waals surface area contributed by atoms with E-state index in [2.05, 4.69) is 30.2 Å². The van der Waals surface area contributed by atoms with Crippen LogP contribution in [0.5, 0.6) is 0 Å². The van der Waals surface area contributed by atoms with Crippen molar-refractivity contribution in [2.24, 2.45) is 17.6 Å². The molecular formula is C11H21N3. The highest BCUT2D eigenvalue weighted by Crippen LogP contribution is 2.07. The van der Waals surface area contributed by atoms with E-state index in [9.17, 15) is 0 Å². The predicted molar refractivity (Wildman–Crippen MR) is 59.9 cm³/mol. The van der Waals surface area contributed by atoms with Crippen LogP contribution in [0.4, 0.5) is 0 Å². The molecule has 80 valence electrons. The molecule has 0 aliphatic carbocycles. The number of aromatic nitrogens is 1. The Morgan fingerprint density at radius 3 is 2.79 bits per heavy atom. The highest BCUT2D eigenvalue weighted by Gasteiger charge is 2.10. The van der Waals surface area contributed by atoms with Gasteiger partial charge in [-0.05, 0) is 36.6 Å². The van der Waals surface area contributed by atoms with Crippen molar-refractivity contribution in [1.82, 2.24) is 10.3 Å². The lowest BCUT2D eigenvalue weighted by Gasteiger charge is -2.18. The van der Waals surface area contributed by atoms with Crippen LogP contribution >= 0.6 is 0 Å². The number of aromatic amines is 1. The molecule has 0 aliphatic heterocycles. The van der Waals surface area contributed by atoms with Gasteiger partial charge in [0.05, 0.1) is 0 Å². The zero-order valence-corrected chi connectivity index (χ0v) is 9.09. The lowest BCUT2D eigenvalue weighted by molar-refractivity contribution is 0.371. The highest BCUT2D eigenvalue weighted by atomic mass is 14.9. The normalized spacial score (nSPS) is 13.4. The first kappa shape index (κ1) is 11.3. The average molecular weight is 195 g/mol. The van der Waals surface area contributed by atoms with Gasteiger partial charge in [-0.25, -0.2) is 0 Å². The van der Waals surface area contributed by atoms with E-state index in [1.807, 2.05) is 12.4 Å². The zero-order valence-electron chi connectivity index (χ0n) is 9.09. The first-order valence-electron chi connectivity index (χ1n) is 5.26. The fourth-order valence-corrected chi connectivity index (χ4v) is 1.46. The largest absolute Gasteiger partial charge is 0.367 e. The Kier molecular flexibility index (Phi) is 4.70. The minimum absolute atomic E-state index is 0.578. The van der Waals surface area contributed by atoms with E-state index >= 15 is 0 Å². The van der Waals surface area contributed by atoms with Gasteiger partial charge in [-0.2, -0.15) is 0 Å². The number of nitrogens with two attached hydrogens (primary N) is 1. The number of H-pyrrole nitrogens is 1. The third-order valence-corrected chi connectivity index (χ3v) is 2.64. The van der Waals surface area contributed by atoms with Crippen LogP contribution in [0.25, 0.3) is 0 Å². The maximum atomic E-state index is 5.69. The zero-order chi connectivity index (χ0) is 10.4. The molecule has 4 N–H and O–H groups in total. The maximum Gasteiger partial charge on any atom is 0.0220 e. The molecule has 1 atom stereocenters. The molecule has 0 aliphatic rings. The Labute approximate surface area is 86.1 Å². The van der Waals surface area contributed by atoms with Crippen molar-refractivity contribution in [2.45, 2.75) is 20.4 Å². The van der Waals surface area contributed by atoms with Gasteiger partial charge in [-0.3, -0.25) is 0 Å². The van der Waals surface area contributed by atoms with E-state index in [1.54, 1.807) is 0 Å². The van der Waals surface area contributed by atoms with Crippen LogP contribution in [0.2, 0.25) is 0 Å². The summed E-state index contributed by atoms with van der Waals surface area (Å²) in [5.41, 5.74) is 6.98. The van der Waals surface area contributed by atoms with Crippen LogP contribution in [0.3, 0.4) is 0 Å². The number of hydrogen-bond donors (Lipinski definition) is 3. The van der Waals surface area contributed by atoms with Crippen molar-refractivity contribution in [3.8, 4) is 0 Å². The lowest BCUT2D eigenvalue weighted by atomic mass is 9.96. The third-order valence-electron chi connectivity index (χ3n) is 2.64. The molecule has 0 saturated heterocycles. The summed E-state index contributed by atoms with van der Waals surface area (Å²) >= 11 is 0. The second kappa shape index (κ2) is 5.83. The van der Waals surface area contributed by atoms with Gasteiger partial charge in [0.2, 0.25) is 0 Å². The van der Waals surface area contributed by atoms with E-state index in [-0.39, 0.29) is 0 Å². The molecule has 0 bridgehead atoms. The van der Waals surface area contributed by atoms with Gasteiger partial charge in [0, 0.05) is 18.9 Å². The Bertz CT molecular complexity index is 229. The van der Waals surface area contributed by atoms with Crippen LogP contribution in [0.1, 0.15) is 19.4 Å². The number of rotatable bonds is 6. The van der Waals surface area contributed by atoms with Crippen LogP contribution < -0.4 is 11.1 Å². The van der Waals surface area contributed by atoms with Crippen LogP contribution in [-0.2, 0) is 6.54 Å². The van der Waals surface area contributed by atoms with E-state index in [0.29, 0.717) is 11.8 Å². The molecule has 0 amide bonds. The summed E-state index contributed by atoms with van der Waals surface area (Å²) in [7, 11) is 0. The van der Waals surface area contributed by atoms with Crippen LogP contribution in [0, 0.1) is 11.8 Å². The van der Waals surface area contributed by atoms with Gasteiger partial charge in [0.1, 0.15) is 0 Å². The molecule has 1 aromatic rings. The topological polar surface area (TPSA) is 53.8 Å². The second-order valence-electron chi connectivity index (χ2n) is 4.09. The molecule has 0 radical (unpaired) electrons. The standard InChI is InChI=1S/C11H21N3/c1-9(2)11(5-12)8-14-7-10-3-4-13-6-10/h3-4,6,9,11,13-14H,5,7-8,12H2,1-2H3. The number of nitrogens with one attached hydrogen (secondary N) is 2. The molecule has 0 spiro atoms. The Hall–Kier alpha value is -0.800. The molecule has 1 aromatic heterocycles. The molecular weight excluding hydrogens is 174 g/mol. The molecule has 3 heteroatoms. The summed E-state index contributed by atoms with van der Waals surface area (Å²) in [5.74, 6) is 1.23. The molecule has 1 rings (SSSR count). The quantitative estimate of drug-likeness (QED) is 0.641. The van der Waals surface area contributed by atoms with Crippen molar-refractivity contribution in [3.63, 3.8) is 0 Å². The van der Waals surface area contributed by atoms with Crippen LogP contribution in [0.15, 0.2) is 18.5 Å². The first-order chi connectivity index (χ1) is 6.74. The molecule has 14 heavy (non-hydrogen) atoms. The van der Waals surface area contributed by atoms with Crippen molar-refractivity contribution in [3.05, 3.63) is 24.0 Å². The Morgan fingerprint density at radius 1 is 1.50 bits per heavy atom. The van der Waals surface area contributed by atoms with E-state index in [4.69, 9.17) is 5.73 Å². The molecule has 0 saturated carbocycles. The monoisotopic (exact) mass is 195 g/mol. The summed E-state index contributed by atoms with van der Waals surface area (Å²) in [4.78, 5) is 3.04. The fraction of sp³-hybridized carbons (Fsp3) is 0.636. The lowest BCUT2D eigenvalue weighted by Crippen LogP contribution is -2.31. The van der Waals surface area contributed by atoms with Crippen molar-refractivity contribution < 1.29 is 0 Å².